The summed E-state index contributed by atoms with van der Waals surface area (Å²) in [5.41, 5.74) is 2.71. The van der Waals surface area contributed by atoms with Crippen LogP contribution in [0.3, 0.4) is 0 Å². The maximum absolute atomic E-state index is 12.1. The number of carbonyl (C=O) groups excluding carboxylic acids is 1. The second-order valence-electron chi connectivity index (χ2n) is 6.10. The molecule has 3 rings (SSSR count). The van der Waals surface area contributed by atoms with Gasteiger partial charge in [0.25, 0.3) is 5.69 Å². The van der Waals surface area contributed by atoms with E-state index in [9.17, 15) is 14.9 Å². The molecule has 0 saturated heterocycles. The Morgan fingerprint density at radius 2 is 2.15 bits per heavy atom. The smallest absolute Gasteiger partial charge is 0.270 e. The van der Waals surface area contributed by atoms with Gasteiger partial charge in [-0.2, -0.15) is 0 Å². The fourth-order valence-corrected chi connectivity index (χ4v) is 3.55. The molecule has 27 heavy (non-hydrogen) atoms. The van der Waals surface area contributed by atoms with Crippen molar-refractivity contribution in [3.8, 4) is 0 Å². The van der Waals surface area contributed by atoms with E-state index in [1.807, 2.05) is 6.07 Å². The third-order valence-corrected chi connectivity index (χ3v) is 4.94. The molecule has 0 unspecified atom stereocenters. The van der Waals surface area contributed by atoms with Crippen molar-refractivity contribution in [3.63, 3.8) is 0 Å². The van der Waals surface area contributed by atoms with Gasteiger partial charge < -0.3 is 0 Å². The first-order valence-corrected chi connectivity index (χ1v) is 9.50. The Morgan fingerprint density at radius 3 is 2.93 bits per heavy atom. The number of fused-ring (bicyclic) bond motifs is 1. The first-order valence-electron chi connectivity index (χ1n) is 8.68. The first kappa shape index (κ1) is 18.7. The maximum atomic E-state index is 12.1. The highest BCUT2D eigenvalue weighted by molar-refractivity contribution is 7.22. The van der Waals surface area contributed by atoms with E-state index in [4.69, 9.17) is 0 Å². The van der Waals surface area contributed by atoms with Crippen molar-refractivity contribution in [2.75, 3.05) is 5.32 Å². The summed E-state index contributed by atoms with van der Waals surface area (Å²) < 4.78 is 1.04. The van der Waals surface area contributed by atoms with Crippen LogP contribution in [0.4, 0.5) is 10.8 Å². The average molecular weight is 381 g/mol. The highest BCUT2D eigenvalue weighted by atomic mass is 32.1. The molecule has 0 bridgehead atoms. The fraction of sp³-hybridized carbons (Fsp3) is 0.200. The van der Waals surface area contributed by atoms with Crippen molar-refractivity contribution < 1.29 is 9.72 Å². The van der Waals surface area contributed by atoms with Gasteiger partial charge in [0.2, 0.25) is 5.91 Å². The second kappa shape index (κ2) is 8.55. The van der Waals surface area contributed by atoms with Crippen molar-refractivity contribution in [2.45, 2.75) is 26.2 Å². The Labute approximate surface area is 160 Å². The molecule has 0 radical (unpaired) electrons. The molecule has 7 heteroatoms. The Bertz CT molecular complexity index is 1010. The van der Waals surface area contributed by atoms with Crippen LogP contribution in [-0.4, -0.2) is 15.8 Å². The van der Waals surface area contributed by atoms with Crippen LogP contribution in [0.15, 0.2) is 48.5 Å². The SMILES string of the molecule is CCCCc1ccc2nc(NC(=O)C=Cc3cccc([N+](=O)[O-])c3)sc2c1. The van der Waals surface area contributed by atoms with Crippen molar-refractivity contribution in [1.29, 1.82) is 0 Å². The van der Waals surface area contributed by atoms with E-state index in [1.54, 1.807) is 18.2 Å². The number of hydrogen-bond donors (Lipinski definition) is 1. The summed E-state index contributed by atoms with van der Waals surface area (Å²) in [4.78, 5) is 26.9. The van der Waals surface area contributed by atoms with Crippen LogP contribution >= 0.6 is 11.3 Å². The van der Waals surface area contributed by atoms with Gasteiger partial charge in [-0.3, -0.25) is 20.2 Å². The molecule has 138 valence electrons. The lowest BCUT2D eigenvalue weighted by molar-refractivity contribution is -0.384. The number of nitro groups is 1. The van der Waals surface area contributed by atoms with Crippen LogP contribution in [0.5, 0.6) is 0 Å². The summed E-state index contributed by atoms with van der Waals surface area (Å²) in [6.45, 7) is 2.17. The number of nitrogens with one attached hydrogen (secondary N) is 1. The minimum absolute atomic E-state index is 0.0115. The zero-order valence-corrected chi connectivity index (χ0v) is 15.7. The minimum atomic E-state index is -0.465. The van der Waals surface area contributed by atoms with Crippen LogP contribution in [0.2, 0.25) is 0 Å². The van der Waals surface area contributed by atoms with Gasteiger partial charge in [-0.05, 0) is 42.2 Å². The molecule has 6 nitrogen and oxygen atoms in total. The van der Waals surface area contributed by atoms with Crippen molar-refractivity contribution >= 4 is 44.4 Å². The Balaban J connectivity index is 1.68. The van der Waals surface area contributed by atoms with E-state index >= 15 is 0 Å². The number of aromatic nitrogens is 1. The van der Waals surface area contributed by atoms with Crippen LogP contribution in [0.1, 0.15) is 30.9 Å². The lowest BCUT2D eigenvalue weighted by Crippen LogP contribution is -2.07. The molecule has 0 atom stereocenters. The number of hydrogen-bond acceptors (Lipinski definition) is 5. The minimum Gasteiger partial charge on any atom is -0.298 e. The van der Waals surface area contributed by atoms with E-state index in [0.717, 1.165) is 29.5 Å². The number of aryl methyl sites for hydroxylation is 1. The molecule has 0 fully saturated rings. The molecule has 2 aromatic carbocycles. The standard InChI is InChI=1S/C20H19N3O3S/c1-2-3-5-15-8-10-17-18(13-15)27-20(21-17)22-19(24)11-9-14-6-4-7-16(12-14)23(25)26/h4,6-13H,2-3,5H2,1H3,(H,21,22,24). The van der Waals surface area contributed by atoms with Crippen molar-refractivity contribution in [3.05, 3.63) is 69.8 Å². The predicted octanol–water partition coefficient (Wildman–Crippen LogP) is 5.20. The lowest BCUT2D eigenvalue weighted by atomic mass is 10.1. The first-order chi connectivity index (χ1) is 13.0. The summed E-state index contributed by atoms with van der Waals surface area (Å²) >= 11 is 1.44. The average Bonchev–Trinajstić information content (AvgIpc) is 3.06. The molecule has 0 saturated carbocycles. The Morgan fingerprint density at radius 1 is 1.30 bits per heavy atom. The Kier molecular flexibility index (Phi) is 5.93. The van der Waals surface area contributed by atoms with Gasteiger partial charge in [0.05, 0.1) is 15.1 Å². The largest absolute Gasteiger partial charge is 0.298 e. The molecule has 0 aliphatic heterocycles. The van der Waals surface area contributed by atoms with Crippen molar-refractivity contribution in [1.82, 2.24) is 4.98 Å². The van der Waals surface area contributed by atoms with Gasteiger partial charge in [-0.15, -0.1) is 0 Å². The number of benzene rings is 2. The summed E-state index contributed by atoms with van der Waals surface area (Å²) in [7, 11) is 0. The highest BCUT2D eigenvalue weighted by Gasteiger charge is 2.08. The van der Waals surface area contributed by atoms with E-state index in [0.29, 0.717) is 10.7 Å². The molecule has 0 aliphatic rings. The van der Waals surface area contributed by atoms with Crippen LogP contribution < -0.4 is 5.32 Å². The summed E-state index contributed by atoms with van der Waals surface area (Å²) in [6.07, 6.45) is 6.23. The molecule has 1 heterocycles. The van der Waals surface area contributed by atoms with Crippen molar-refractivity contribution in [2.24, 2.45) is 0 Å². The van der Waals surface area contributed by atoms with Gasteiger partial charge in [-0.1, -0.05) is 42.9 Å². The summed E-state index contributed by atoms with van der Waals surface area (Å²) in [6, 6.07) is 12.3. The van der Waals surface area contributed by atoms with Gasteiger partial charge in [0.1, 0.15) is 0 Å². The zero-order valence-electron chi connectivity index (χ0n) is 14.8. The quantitative estimate of drug-likeness (QED) is 0.346. The van der Waals surface area contributed by atoms with Gasteiger partial charge >= 0.3 is 0 Å². The molecular weight excluding hydrogens is 362 g/mol. The van der Waals surface area contributed by atoms with Crippen LogP contribution in [0, 0.1) is 10.1 Å². The van der Waals surface area contributed by atoms with E-state index in [1.165, 1.54) is 35.1 Å². The third-order valence-electron chi connectivity index (χ3n) is 4.01. The molecule has 3 aromatic rings. The van der Waals surface area contributed by atoms with Gasteiger partial charge in [0, 0.05) is 18.2 Å². The number of rotatable bonds is 7. The number of nitrogens with zero attached hydrogens (tertiary/aromatic N) is 2. The lowest BCUT2D eigenvalue weighted by Gasteiger charge is -1.98. The fourth-order valence-electron chi connectivity index (χ4n) is 2.62. The molecule has 1 aromatic heterocycles. The molecule has 0 spiro atoms. The number of thiazole rings is 1. The second-order valence-corrected chi connectivity index (χ2v) is 7.13. The molecule has 0 aliphatic carbocycles. The normalized spacial score (nSPS) is 11.1. The van der Waals surface area contributed by atoms with E-state index in [2.05, 4.69) is 29.4 Å². The summed E-state index contributed by atoms with van der Waals surface area (Å²) in [5, 5.41) is 14.1. The number of non-ortho nitro benzene ring substituents is 1. The highest BCUT2D eigenvalue weighted by Crippen LogP contribution is 2.27. The van der Waals surface area contributed by atoms with Gasteiger partial charge in [0.15, 0.2) is 5.13 Å². The number of unbranched alkanes of at least 4 members (excludes halogenated alkanes) is 1. The number of nitro benzene ring substituents is 1. The molecule has 1 N–H and O–H groups in total. The Hall–Kier alpha value is -3.06. The van der Waals surface area contributed by atoms with E-state index < -0.39 is 4.92 Å². The third kappa shape index (κ3) is 4.98. The van der Waals surface area contributed by atoms with Crippen LogP contribution in [0.25, 0.3) is 16.3 Å². The van der Waals surface area contributed by atoms with Crippen LogP contribution in [-0.2, 0) is 11.2 Å². The topological polar surface area (TPSA) is 85.1 Å². The predicted molar refractivity (Wildman–Crippen MR) is 109 cm³/mol. The van der Waals surface area contributed by atoms with Gasteiger partial charge in [-0.25, -0.2) is 4.98 Å². The zero-order chi connectivity index (χ0) is 19.2. The number of anilines is 1. The number of amides is 1. The molecule has 1 amide bonds. The maximum Gasteiger partial charge on any atom is 0.270 e. The molecular formula is C20H19N3O3S. The summed E-state index contributed by atoms with van der Waals surface area (Å²) in [5.74, 6) is -0.327. The monoisotopic (exact) mass is 381 g/mol. The van der Waals surface area contributed by atoms with E-state index in [-0.39, 0.29) is 11.6 Å². The number of carbonyl (C=O) groups is 1.